The van der Waals surface area contributed by atoms with Crippen LogP contribution in [0.15, 0.2) is 42.5 Å². The number of carbonyl (C=O) groups excluding carboxylic acids is 1. The minimum atomic E-state index is -3.66. The van der Waals surface area contributed by atoms with Crippen molar-refractivity contribution in [2.75, 3.05) is 30.8 Å². The highest BCUT2D eigenvalue weighted by Gasteiger charge is 2.23. The summed E-state index contributed by atoms with van der Waals surface area (Å²) in [6.07, 6.45) is 1.06. The van der Waals surface area contributed by atoms with Gasteiger partial charge in [-0.05, 0) is 61.9 Å². The minimum absolute atomic E-state index is 0.233. The van der Waals surface area contributed by atoms with Gasteiger partial charge in [-0.25, -0.2) is 8.42 Å². The number of anilines is 1. The van der Waals surface area contributed by atoms with Crippen LogP contribution >= 0.6 is 11.6 Å². The highest BCUT2D eigenvalue weighted by atomic mass is 35.5. The molecule has 0 aliphatic rings. The molecule has 29 heavy (non-hydrogen) atoms. The van der Waals surface area contributed by atoms with Gasteiger partial charge in [-0.3, -0.25) is 9.10 Å². The van der Waals surface area contributed by atoms with Gasteiger partial charge >= 0.3 is 0 Å². The number of halogens is 1. The Morgan fingerprint density at radius 1 is 1.17 bits per heavy atom. The average Bonchev–Trinajstić information content (AvgIpc) is 2.64. The van der Waals surface area contributed by atoms with Crippen LogP contribution in [-0.4, -0.2) is 46.9 Å². The molecule has 2 aromatic carbocycles. The van der Waals surface area contributed by atoms with E-state index in [2.05, 4.69) is 5.32 Å². The van der Waals surface area contributed by atoms with Gasteiger partial charge in [-0.1, -0.05) is 11.6 Å². The van der Waals surface area contributed by atoms with Crippen molar-refractivity contribution >= 4 is 33.2 Å². The van der Waals surface area contributed by atoms with Crippen LogP contribution in [0, 0.1) is 6.92 Å². The largest absolute Gasteiger partial charge is 0.497 e. The number of sulfonamides is 1. The van der Waals surface area contributed by atoms with Crippen LogP contribution in [0.1, 0.15) is 12.5 Å². The maximum Gasteiger partial charge on any atom is 0.241 e. The molecule has 2 rings (SSSR count). The first-order valence-electron chi connectivity index (χ1n) is 8.90. The quantitative estimate of drug-likeness (QED) is 0.647. The number of benzene rings is 2. The van der Waals surface area contributed by atoms with Gasteiger partial charge in [0, 0.05) is 5.02 Å². The first kappa shape index (κ1) is 22.8. The fraction of sp³-hybridized carbons (Fsp3) is 0.350. The molecule has 0 radical (unpaired) electrons. The molecule has 0 saturated carbocycles. The number of hydrogen-bond acceptors (Lipinski definition) is 5. The molecule has 2 aromatic rings. The summed E-state index contributed by atoms with van der Waals surface area (Å²) < 4.78 is 36.3. The molecular formula is C20H25ClN2O5S. The molecule has 0 aromatic heterocycles. The van der Waals surface area contributed by atoms with Gasteiger partial charge < -0.3 is 14.8 Å². The predicted octanol–water partition coefficient (Wildman–Crippen LogP) is 3.01. The van der Waals surface area contributed by atoms with E-state index in [1.165, 1.54) is 0 Å². The smallest absolute Gasteiger partial charge is 0.241 e. The van der Waals surface area contributed by atoms with E-state index >= 15 is 0 Å². The molecule has 0 saturated heterocycles. The van der Waals surface area contributed by atoms with Gasteiger partial charge in [0.25, 0.3) is 0 Å². The molecule has 1 unspecified atom stereocenters. The molecule has 158 valence electrons. The Labute approximate surface area is 176 Å². The van der Waals surface area contributed by atoms with Crippen molar-refractivity contribution in [3.8, 4) is 11.5 Å². The molecule has 0 aliphatic heterocycles. The van der Waals surface area contributed by atoms with Crippen LogP contribution in [0.4, 0.5) is 5.69 Å². The molecule has 1 amide bonds. The second-order valence-electron chi connectivity index (χ2n) is 6.66. The Balaban J connectivity index is 1.98. The Kier molecular flexibility index (Phi) is 7.75. The van der Waals surface area contributed by atoms with Crippen molar-refractivity contribution in [3.05, 3.63) is 53.1 Å². The summed E-state index contributed by atoms with van der Waals surface area (Å²) in [7, 11) is -2.08. The molecule has 1 atom stereocenters. The maximum absolute atomic E-state index is 12.4. The van der Waals surface area contributed by atoms with Gasteiger partial charge in [0.1, 0.15) is 24.7 Å². The number of amides is 1. The van der Waals surface area contributed by atoms with Crippen molar-refractivity contribution in [2.24, 2.45) is 0 Å². The monoisotopic (exact) mass is 440 g/mol. The fourth-order valence-electron chi connectivity index (χ4n) is 2.67. The SMILES string of the molecule is COc1ccc(OCC(C)NC(=O)CN(c2ccc(Cl)cc2C)S(C)(=O)=O)cc1. The number of aryl methyl sites for hydroxylation is 1. The number of rotatable bonds is 9. The van der Waals surface area contributed by atoms with E-state index < -0.39 is 15.9 Å². The maximum atomic E-state index is 12.4. The number of methoxy groups -OCH3 is 1. The lowest BCUT2D eigenvalue weighted by atomic mass is 10.2. The van der Waals surface area contributed by atoms with Crippen molar-refractivity contribution < 1.29 is 22.7 Å². The number of nitrogens with one attached hydrogen (secondary N) is 1. The van der Waals surface area contributed by atoms with Crippen LogP contribution in [0.5, 0.6) is 11.5 Å². The molecular weight excluding hydrogens is 416 g/mol. The van der Waals surface area contributed by atoms with Crippen LogP contribution in [0.3, 0.4) is 0 Å². The number of carbonyl (C=O) groups is 1. The molecule has 7 nitrogen and oxygen atoms in total. The van der Waals surface area contributed by atoms with Gasteiger partial charge in [0.15, 0.2) is 0 Å². The van der Waals surface area contributed by atoms with E-state index in [0.717, 1.165) is 16.3 Å². The van der Waals surface area contributed by atoms with Crippen LogP contribution in [0.2, 0.25) is 5.02 Å². The van der Waals surface area contributed by atoms with E-state index in [9.17, 15) is 13.2 Å². The highest BCUT2D eigenvalue weighted by Crippen LogP contribution is 2.25. The topological polar surface area (TPSA) is 84.9 Å². The Morgan fingerprint density at radius 2 is 1.79 bits per heavy atom. The van der Waals surface area contributed by atoms with E-state index in [-0.39, 0.29) is 19.2 Å². The zero-order valence-corrected chi connectivity index (χ0v) is 18.4. The number of hydrogen-bond donors (Lipinski definition) is 1. The van der Waals surface area contributed by atoms with E-state index in [1.54, 1.807) is 63.4 Å². The molecule has 0 heterocycles. The third kappa shape index (κ3) is 6.83. The van der Waals surface area contributed by atoms with Crippen molar-refractivity contribution in [3.63, 3.8) is 0 Å². The van der Waals surface area contributed by atoms with Crippen molar-refractivity contribution in [2.45, 2.75) is 19.9 Å². The standard InChI is InChI=1S/C20H25ClN2O5S/c1-14-11-16(21)5-10-19(14)23(29(4,25)26)12-20(24)22-15(2)13-28-18-8-6-17(27-3)7-9-18/h5-11,15H,12-13H2,1-4H3,(H,22,24). The van der Waals surface area contributed by atoms with Crippen LogP contribution in [-0.2, 0) is 14.8 Å². The molecule has 0 spiro atoms. The van der Waals surface area contributed by atoms with Crippen molar-refractivity contribution in [1.29, 1.82) is 0 Å². The van der Waals surface area contributed by atoms with Crippen molar-refractivity contribution in [1.82, 2.24) is 5.32 Å². The molecule has 9 heteroatoms. The lowest BCUT2D eigenvalue weighted by molar-refractivity contribution is -0.120. The summed E-state index contributed by atoms with van der Waals surface area (Å²) in [4.78, 5) is 12.4. The number of nitrogens with zero attached hydrogens (tertiary/aromatic N) is 1. The lowest BCUT2D eigenvalue weighted by Crippen LogP contribution is -2.45. The summed E-state index contributed by atoms with van der Waals surface area (Å²) in [5.41, 5.74) is 1.07. The zero-order valence-electron chi connectivity index (χ0n) is 16.8. The highest BCUT2D eigenvalue weighted by molar-refractivity contribution is 7.92. The third-order valence-corrected chi connectivity index (χ3v) is 5.44. The average molecular weight is 441 g/mol. The van der Waals surface area contributed by atoms with Gasteiger partial charge in [-0.15, -0.1) is 0 Å². The van der Waals surface area contributed by atoms with E-state index in [0.29, 0.717) is 22.0 Å². The second-order valence-corrected chi connectivity index (χ2v) is 9.00. The van der Waals surface area contributed by atoms with E-state index in [1.807, 2.05) is 0 Å². The zero-order chi connectivity index (χ0) is 21.6. The van der Waals surface area contributed by atoms with Crippen LogP contribution in [0.25, 0.3) is 0 Å². The Bertz CT molecular complexity index is 948. The van der Waals surface area contributed by atoms with Gasteiger partial charge in [0.2, 0.25) is 15.9 Å². The summed E-state index contributed by atoms with van der Waals surface area (Å²) in [5.74, 6) is 0.925. The first-order chi connectivity index (χ1) is 13.6. The molecule has 1 N–H and O–H groups in total. The summed E-state index contributed by atoms with van der Waals surface area (Å²) in [6.45, 7) is 3.41. The Hall–Kier alpha value is -2.45. The minimum Gasteiger partial charge on any atom is -0.497 e. The first-order valence-corrected chi connectivity index (χ1v) is 11.1. The second kappa shape index (κ2) is 9.84. The summed E-state index contributed by atoms with van der Waals surface area (Å²) in [6, 6.07) is 11.6. The lowest BCUT2D eigenvalue weighted by Gasteiger charge is -2.24. The third-order valence-electron chi connectivity index (χ3n) is 4.08. The normalized spacial score (nSPS) is 12.2. The predicted molar refractivity (Wildman–Crippen MR) is 114 cm³/mol. The van der Waals surface area contributed by atoms with Gasteiger partial charge in [-0.2, -0.15) is 0 Å². The van der Waals surface area contributed by atoms with Gasteiger partial charge in [0.05, 0.1) is 25.1 Å². The molecule has 0 bridgehead atoms. The number of ether oxygens (including phenoxy) is 2. The summed E-state index contributed by atoms with van der Waals surface area (Å²) >= 11 is 5.94. The van der Waals surface area contributed by atoms with E-state index in [4.69, 9.17) is 21.1 Å². The van der Waals surface area contributed by atoms with Crippen LogP contribution < -0.4 is 19.1 Å². The molecule has 0 aliphatic carbocycles. The summed E-state index contributed by atoms with van der Waals surface area (Å²) in [5, 5.41) is 3.25. The Morgan fingerprint density at radius 3 is 2.34 bits per heavy atom. The fourth-order valence-corrected chi connectivity index (χ4v) is 3.81. The molecule has 0 fully saturated rings.